The third-order valence-corrected chi connectivity index (χ3v) is 15.0. The molecule has 0 radical (unpaired) electrons. The Labute approximate surface area is 478 Å². The lowest BCUT2D eigenvalue weighted by Gasteiger charge is -2.28. The number of rotatable bonds is 16. The van der Waals surface area contributed by atoms with Gasteiger partial charge in [0, 0.05) is 68.2 Å². The number of nitrogens with zero attached hydrogens (tertiary/aromatic N) is 4. The molecule has 0 spiro atoms. The molecule has 0 aliphatic carbocycles. The van der Waals surface area contributed by atoms with Gasteiger partial charge in [-0.05, 0) is 196 Å². The summed E-state index contributed by atoms with van der Waals surface area (Å²) in [7, 11) is 0. The van der Waals surface area contributed by atoms with Gasteiger partial charge >= 0.3 is 0 Å². The van der Waals surface area contributed by atoms with Crippen LogP contribution in [0, 0.1) is 0 Å². The number of para-hydroxylation sites is 5. The molecule has 0 unspecified atom stereocenters. The summed E-state index contributed by atoms with van der Waals surface area (Å²) >= 11 is 0. The zero-order valence-corrected chi connectivity index (χ0v) is 46.1. The van der Waals surface area contributed by atoms with E-state index < -0.39 is 0 Å². The minimum Gasteiger partial charge on any atom is -0.311 e. The fourth-order valence-electron chi connectivity index (χ4n) is 10.8. The average molecular weight is 1050 g/mol. The van der Waals surface area contributed by atoms with E-state index in [1.165, 1.54) is 16.7 Å². The van der Waals surface area contributed by atoms with Crippen molar-refractivity contribution in [2.24, 2.45) is 0 Å². The fraction of sp³-hybridized carbons (Fsp3) is 0.0649. The highest BCUT2D eigenvalue weighted by molar-refractivity contribution is 5.83. The van der Waals surface area contributed by atoms with Gasteiger partial charge in [-0.15, -0.1) is 0 Å². The largest absolute Gasteiger partial charge is 0.311 e. The fourth-order valence-corrected chi connectivity index (χ4v) is 10.8. The molecule has 0 saturated heterocycles. The summed E-state index contributed by atoms with van der Waals surface area (Å²) in [6.45, 7) is 6.81. The molecule has 0 heterocycles. The molecule has 12 aromatic rings. The van der Waals surface area contributed by atoms with Gasteiger partial charge in [0.1, 0.15) is 0 Å². The minimum atomic E-state index is 0.0381. The van der Waals surface area contributed by atoms with E-state index in [0.29, 0.717) is 0 Å². The molecular formula is C77H64N4. The van der Waals surface area contributed by atoms with E-state index >= 15 is 0 Å². The second-order valence-corrected chi connectivity index (χ2v) is 21.5. The topological polar surface area (TPSA) is 13.0 Å². The maximum atomic E-state index is 2.39. The molecule has 0 aromatic heterocycles. The number of hydrogen-bond acceptors (Lipinski definition) is 4. The van der Waals surface area contributed by atoms with Crippen LogP contribution in [0.15, 0.2) is 322 Å². The van der Waals surface area contributed by atoms with Crippen molar-refractivity contribution >= 4 is 68.2 Å². The molecule has 0 saturated carbocycles. The lowest BCUT2D eigenvalue weighted by molar-refractivity contribution is 0.590. The zero-order valence-electron chi connectivity index (χ0n) is 46.1. The normalized spacial score (nSPS) is 11.2. The SMILES string of the molecule is CC(C)(C)c1ccc(N(c2ccc(-c3ccc(N(c4ccccc4)c4ccccc4)cc3)cc2)c2cccc(Cc3cccc(N(c4ccccc4)c4ccc(-c5ccc(N(c6ccccc6)c6ccccc6)cc5)cc4)c3)c2)cc1. The van der Waals surface area contributed by atoms with Crippen LogP contribution >= 0.6 is 0 Å². The van der Waals surface area contributed by atoms with Crippen molar-refractivity contribution < 1.29 is 0 Å². The maximum absolute atomic E-state index is 2.39. The highest BCUT2D eigenvalue weighted by atomic mass is 15.2. The molecule has 392 valence electrons. The van der Waals surface area contributed by atoms with Gasteiger partial charge in [-0.1, -0.05) is 197 Å². The Hall–Kier alpha value is -10.2. The molecule has 12 rings (SSSR count). The van der Waals surface area contributed by atoms with E-state index in [4.69, 9.17) is 0 Å². The van der Waals surface area contributed by atoms with Crippen LogP contribution in [0.5, 0.6) is 0 Å². The van der Waals surface area contributed by atoms with Crippen molar-refractivity contribution in [2.45, 2.75) is 32.6 Å². The Bertz CT molecular complexity index is 3860. The van der Waals surface area contributed by atoms with E-state index in [9.17, 15) is 0 Å². The highest BCUT2D eigenvalue weighted by Crippen LogP contribution is 2.42. The molecule has 81 heavy (non-hydrogen) atoms. The standard InChI is InChI=1S/C77H64N4/c1-77(2,3)64-43-53-74(54-44-64)81(73-51-41-63(42-52-73)61-37-47-71(48-38-61)79(67-27-13-6-14-28-67)68-29-15-7-16-30-68)76-34-20-22-59(57-76)55-58-21-19-33-75(56-58)80(69-31-17-8-18-32-69)72-49-39-62(40-50-72)60-35-45-70(46-36-60)78(65-23-9-4-10-24-65)66-25-11-5-12-26-66/h4-54,56-57H,55H2,1-3H3. The number of benzene rings is 12. The maximum Gasteiger partial charge on any atom is 0.0464 e. The monoisotopic (exact) mass is 1040 g/mol. The Morgan fingerprint density at radius 2 is 0.420 bits per heavy atom. The molecule has 0 amide bonds. The highest BCUT2D eigenvalue weighted by Gasteiger charge is 2.20. The van der Waals surface area contributed by atoms with E-state index in [0.717, 1.165) is 96.9 Å². The molecular weight excluding hydrogens is 981 g/mol. The third-order valence-electron chi connectivity index (χ3n) is 15.0. The van der Waals surface area contributed by atoms with Gasteiger partial charge in [0.2, 0.25) is 0 Å². The first-order valence-corrected chi connectivity index (χ1v) is 27.9. The first-order chi connectivity index (χ1) is 39.8. The van der Waals surface area contributed by atoms with Crippen LogP contribution in [0.4, 0.5) is 68.2 Å². The third kappa shape index (κ3) is 11.7. The molecule has 0 N–H and O–H groups in total. The summed E-state index contributed by atoms with van der Waals surface area (Å²) in [5.41, 5.74) is 21.8. The number of anilines is 12. The van der Waals surface area contributed by atoms with E-state index in [1.54, 1.807) is 0 Å². The van der Waals surface area contributed by atoms with Gasteiger partial charge in [-0.3, -0.25) is 0 Å². The molecule has 4 heteroatoms. The summed E-state index contributed by atoms with van der Waals surface area (Å²) in [6.07, 6.45) is 0.767. The second-order valence-electron chi connectivity index (χ2n) is 21.5. The van der Waals surface area contributed by atoms with Crippen molar-refractivity contribution in [3.05, 3.63) is 338 Å². The van der Waals surface area contributed by atoms with Crippen LogP contribution in [0.1, 0.15) is 37.5 Å². The first kappa shape index (κ1) is 51.6. The van der Waals surface area contributed by atoms with Gasteiger partial charge in [0.15, 0.2) is 0 Å². The molecule has 4 nitrogen and oxygen atoms in total. The van der Waals surface area contributed by atoms with Crippen LogP contribution in [-0.4, -0.2) is 0 Å². The van der Waals surface area contributed by atoms with Crippen LogP contribution in [0.25, 0.3) is 22.3 Å². The summed E-state index contributed by atoms with van der Waals surface area (Å²) in [6, 6.07) is 116. The molecule has 0 atom stereocenters. The van der Waals surface area contributed by atoms with Crippen molar-refractivity contribution in [1.29, 1.82) is 0 Å². The van der Waals surface area contributed by atoms with Gasteiger partial charge in [0.05, 0.1) is 0 Å². The van der Waals surface area contributed by atoms with E-state index in [2.05, 4.69) is 362 Å². The molecule has 0 bridgehead atoms. The van der Waals surface area contributed by atoms with E-state index in [1.807, 2.05) is 0 Å². The minimum absolute atomic E-state index is 0.0381. The predicted molar refractivity (Wildman–Crippen MR) is 344 cm³/mol. The molecule has 0 fully saturated rings. The molecule has 0 aliphatic heterocycles. The van der Waals surface area contributed by atoms with Gasteiger partial charge in [-0.2, -0.15) is 0 Å². The van der Waals surface area contributed by atoms with Crippen molar-refractivity contribution in [3.8, 4) is 22.3 Å². The lowest BCUT2D eigenvalue weighted by atomic mass is 9.87. The number of hydrogen-bond donors (Lipinski definition) is 0. The van der Waals surface area contributed by atoms with Crippen LogP contribution in [-0.2, 0) is 11.8 Å². The van der Waals surface area contributed by atoms with Crippen molar-refractivity contribution in [2.75, 3.05) is 19.6 Å². The van der Waals surface area contributed by atoms with Gasteiger partial charge in [0.25, 0.3) is 0 Å². The molecule has 0 aliphatic rings. The lowest BCUT2D eigenvalue weighted by Crippen LogP contribution is -2.13. The Kier molecular flexibility index (Phi) is 14.9. The summed E-state index contributed by atoms with van der Waals surface area (Å²) < 4.78 is 0. The van der Waals surface area contributed by atoms with Crippen LogP contribution < -0.4 is 19.6 Å². The first-order valence-electron chi connectivity index (χ1n) is 27.9. The zero-order chi connectivity index (χ0) is 55.0. The summed E-state index contributed by atoms with van der Waals surface area (Å²) in [5.74, 6) is 0. The quantitative estimate of drug-likeness (QED) is 0.0956. The van der Waals surface area contributed by atoms with E-state index in [-0.39, 0.29) is 5.41 Å². The summed E-state index contributed by atoms with van der Waals surface area (Å²) in [5, 5.41) is 0. The summed E-state index contributed by atoms with van der Waals surface area (Å²) in [4.78, 5) is 9.34. The smallest absolute Gasteiger partial charge is 0.0464 e. The van der Waals surface area contributed by atoms with Crippen molar-refractivity contribution in [3.63, 3.8) is 0 Å². The van der Waals surface area contributed by atoms with Crippen LogP contribution in [0.2, 0.25) is 0 Å². The second kappa shape index (κ2) is 23.4. The van der Waals surface area contributed by atoms with Crippen molar-refractivity contribution in [1.82, 2.24) is 0 Å². The average Bonchev–Trinajstić information content (AvgIpc) is 3.53. The Morgan fingerprint density at radius 3 is 0.667 bits per heavy atom. The predicted octanol–water partition coefficient (Wildman–Crippen LogP) is 21.8. The van der Waals surface area contributed by atoms with Crippen LogP contribution in [0.3, 0.4) is 0 Å². The van der Waals surface area contributed by atoms with Gasteiger partial charge < -0.3 is 19.6 Å². The Morgan fingerprint density at radius 1 is 0.210 bits per heavy atom. The molecule has 12 aromatic carbocycles. The van der Waals surface area contributed by atoms with Gasteiger partial charge in [-0.25, -0.2) is 0 Å². The Balaban J connectivity index is 0.811.